The van der Waals surface area contributed by atoms with Gasteiger partial charge >= 0.3 is 0 Å². The van der Waals surface area contributed by atoms with E-state index in [1.807, 2.05) is 41.2 Å². The van der Waals surface area contributed by atoms with Crippen molar-refractivity contribution in [3.05, 3.63) is 72.2 Å². The molecule has 1 atom stereocenters. The number of rotatable bonds is 5. The van der Waals surface area contributed by atoms with E-state index in [0.29, 0.717) is 19.4 Å². The van der Waals surface area contributed by atoms with Gasteiger partial charge in [-0.05, 0) is 41.0 Å². The summed E-state index contributed by atoms with van der Waals surface area (Å²) in [6, 6.07) is 16.0. The van der Waals surface area contributed by atoms with Crippen molar-refractivity contribution in [1.82, 2.24) is 15.2 Å². The zero-order valence-corrected chi connectivity index (χ0v) is 15.9. The van der Waals surface area contributed by atoms with Crippen LogP contribution in [0.5, 0.6) is 0 Å². The predicted octanol–water partition coefficient (Wildman–Crippen LogP) is 3.66. The molecule has 1 unspecified atom stereocenters. The van der Waals surface area contributed by atoms with Crippen molar-refractivity contribution in [3.63, 3.8) is 0 Å². The van der Waals surface area contributed by atoms with E-state index in [1.54, 1.807) is 0 Å². The first-order valence-corrected chi connectivity index (χ1v) is 9.78. The summed E-state index contributed by atoms with van der Waals surface area (Å²) in [4.78, 5) is 23.5. The monoisotopic (exact) mass is 387 g/mol. The molecule has 0 radical (unpaired) electrons. The highest BCUT2D eigenvalue weighted by molar-refractivity contribution is 5.99. The smallest absolute Gasteiger partial charge is 0.249 e. The molecule has 2 aromatic heterocycles. The van der Waals surface area contributed by atoms with Crippen molar-refractivity contribution < 1.29 is 14.0 Å². The Balaban J connectivity index is 1.27. The van der Waals surface area contributed by atoms with Crippen LogP contribution in [0.25, 0.3) is 21.7 Å². The van der Waals surface area contributed by atoms with Crippen molar-refractivity contribution in [1.29, 1.82) is 0 Å². The van der Waals surface area contributed by atoms with Crippen LogP contribution in [-0.2, 0) is 22.7 Å². The molecule has 0 aliphatic carbocycles. The SMILES string of the molecule is O=C1CCC(n2cc3ccc(CNCc4cc5ccccc5o4)cc3c2)C(=O)N1. The fourth-order valence-electron chi connectivity index (χ4n) is 3.92. The molecule has 2 aromatic carbocycles. The highest BCUT2D eigenvalue weighted by atomic mass is 16.3. The normalized spacial score (nSPS) is 17.2. The Labute approximate surface area is 167 Å². The van der Waals surface area contributed by atoms with E-state index >= 15 is 0 Å². The minimum atomic E-state index is -0.324. The Hall–Kier alpha value is -3.38. The first-order valence-electron chi connectivity index (χ1n) is 9.78. The highest BCUT2D eigenvalue weighted by Gasteiger charge is 2.27. The number of nitrogens with one attached hydrogen (secondary N) is 2. The number of furan rings is 1. The standard InChI is InChI=1S/C23H21N3O3/c27-22-8-7-20(23(28)25-22)26-13-17-6-5-15(9-18(17)14-26)11-24-12-19-10-16-3-1-2-4-21(16)29-19/h1-6,9-10,13-14,20,24H,7-8,11-12H2,(H,25,27,28). The lowest BCUT2D eigenvalue weighted by atomic mass is 10.1. The third kappa shape index (κ3) is 3.54. The molecule has 6 heteroatoms. The molecular weight excluding hydrogens is 366 g/mol. The number of para-hydroxylation sites is 1. The number of carbonyl (C=O) groups is 2. The van der Waals surface area contributed by atoms with Gasteiger partial charge in [-0.15, -0.1) is 0 Å². The van der Waals surface area contributed by atoms with E-state index in [-0.39, 0.29) is 17.9 Å². The number of fused-ring (bicyclic) bond motifs is 2. The summed E-state index contributed by atoms with van der Waals surface area (Å²) in [5, 5.41) is 9.11. The summed E-state index contributed by atoms with van der Waals surface area (Å²) in [5.41, 5.74) is 2.06. The number of aromatic nitrogens is 1. The van der Waals surface area contributed by atoms with Gasteiger partial charge in [-0.3, -0.25) is 14.9 Å². The van der Waals surface area contributed by atoms with Crippen molar-refractivity contribution in [2.75, 3.05) is 0 Å². The van der Waals surface area contributed by atoms with Crippen molar-refractivity contribution in [3.8, 4) is 0 Å². The topological polar surface area (TPSA) is 76.3 Å². The number of hydrogen-bond acceptors (Lipinski definition) is 4. The number of hydrogen-bond donors (Lipinski definition) is 2. The van der Waals surface area contributed by atoms with Gasteiger partial charge in [-0.25, -0.2) is 0 Å². The Morgan fingerprint density at radius 2 is 1.86 bits per heavy atom. The van der Waals surface area contributed by atoms with E-state index in [4.69, 9.17) is 4.42 Å². The van der Waals surface area contributed by atoms with Gasteiger partial charge in [-0.2, -0.15) is 0 Å². The van der Waals surface area contributed by atoms with Gasteiger partial charge in [-0.1, -0.05) is 30.3 Å². The fraction of sp³-hybridized carbons (Fsp3) is 0.217. The Morgan fingerprint density at radius 1 is 1.00 bits per heavy atom. The summed E-state index contributed by atoms with van der Waals surface area (Å²) in [7, 11) is 0. The molecule has 1 aliphatic rings. The lowest BCUT2D eigenvalue weighted by Gasteiger charge is -2.21. The quantitative estimate of drug-likeness (QED) is 0.513. The second-order valence-electron chi connectivity index (χ2n) is 7.49. The minimum Gasteiger partial charge on any atom is -0.460 e. The molecule has 29 heavy (non-hydrogen) atoms. The third-order valence-electron chi connectivity index (χ3n) is 5.40. The molecule has 1 fully saturated rings. The molecule has 146 valence electrons. The van der Waals surface area contributed by atoms with Gasteiger partial charge in [0, 0.05) is 30.7 Å². The molecule has 0 bridgehead atoms. The molecule has 4 aromatic rings. The Kier molecular flexibility index (Phi) is 4.41. The lowest BCUT2D eigenvalue weighted by Crippen LogP contribution is -2.41. The Bertz CT molecular complexity index is 1190. The molecule has 5 rings (SSSR count). The van der Waals surface area contributed by atoms with E-state index < -0.39 is 0 Å². The average molecular weight is 387 g/mol. The van der Waals surface area contributed by atoms with Crippen LogP contribution in [-0.4, -0.2) is 16.4 Å². The summed E-state index contributed by atoms with van der Waals surface area (Å²) < 4.78 is 7.75. The number of benzene rings is 2. The van der Waals surface area contributed by atoms with Crippen LogP contribution in [0.2, 0.25) is 0 Å². The third-order valence-corrected chi connectivity index (χ3v) is 5.40. The maximum Gasteiger partial charge on any atom is 0.249 e. The molecule has 6 nitrogen and oxygen atoms in total. The van der Waals surface area contributed by atoms with E-state index in [0.717, 1.165) is 39.6 Å². The molecule has 0 spiro atoms. The fourth-order valence-corrected chi connectivity index (χ4v) is 3.92. The van der Waals surface area contributed by atoms with Gasteiger partial charge in [0.25, 0.3) is 0 Å². The second-order valence-corrected chi connectivity index (χ2v) is 7.49. The molecule has 1 aliphatic heterocycles. The zero-order valence-electron chi connectivity index (χ0n) is 15.9. The van der Waals surface area contributed by atoms with Crippen LogP contribution in [0.4, 0.5) is 0 Å². The number of carbonyl (C=O) groups excluding carboxylic acids is 2. The van der Waals surface area contributed by atoms with E-state index in [2.05, 4.69) is 34.9 Å². The van der Waals surface area contributed by atoms with Crippen LogP contribution in [0.3, 0.4) is 0 Å². The number of nitrogens with zero attached hydrogens (tertiary/aromatic N) is 1. The maximum atomic E-state index is 12.1. The number of amides is 2. The van der Waals surface area contributed by atoms with E-state index in [9.17, 15) is 9.59 Å². The summed E-state index contributed by atoms with van der Waals surface area (Å²) >= 11 is 0. The van der Waals surface area contributed by atoms with Crippen LogP contribution in [0.15, 0.2) is 65.3 Å². The lowest BCUT2D eigenvalue weighted by molar-refractivity contribution is -0.135. The van der Waals surface area contributed by atoms with Crippen LogP contribution in [0.1, 0.15) is 30.2 Å². The van der Waals surface area contributed by atoms with Gasteiger partial charge in [0.15, 0.2) is 0 Å². The molecule has 0 saturated carbocycles. The van der Waals surface area contributed by atoms with Gasteiger partial charge in [0.05, 0.1) is 6.54 Å². The van der Waals surface area contributed by atoms with Gasteiger partial charge in [0.2, 0.25) is 11.8 Å². The summed E-state index contributed by atoms with van der Waals surface area (Å²) in [6.07, 6.45) is 4.87. The zero-order chi connectivity index (χ0) is 19.8. The molecule has 2 amide bonds. The van der Waals surface area contributed by atoms with Crippen LogP contribution in [0, 0.1) is 0 Å². The molecule has 1 saturated heterocycles. The highest BCUT2D eigenvalue weighted by Crippen LogP contribution is 2.25. The first kappa shape index (κ1) is 17.7. The van der Waals surface area contributed by atoms with Crippen molar-refractivity contribution in [2.24, 2.45) is 0 Å². The van der Waals surface area contributed by atoms with Gasteiger partial charge in [0.1, 0.15) is 17.4 Å². The molecule has 3 heterocycles. The van der Waals surface area contributed by atoms with Crippen molar-refractivity contribution >= 4 is 33.6 Å². The van der Waals surface area contributed by atoms with Crippen molar-refractivity contribution in [2.45, 2.75) is 32.0 Å². The number of piperidine rings is 1. The van der Waals surface area contributed by atoms with Crippen LogP contribution >= 0.6 is 0 Å². The molecular formula is C23H21N3O3. The largest absolute Gasteiger partial charge is 0.460 e. The van der Waals surface area contributed by atoms with E-state index in [1.165, 1.54) is 0 Å². The summed E-state index contributed by atoms with van der Waals surface area (Å²) in [5.74, 6) is 0.492. The maximum absolute atomic E-state index is 12.1. The number of imide groups is 1. The summed E-state index contributed by atoms with van der Waals surface area (Å²) in [6.45, 7) is 1.38. The minimum absolute atomic E-state index is 0.194. The first-order chi connectivity index (χ1) is 14.2. The average Bonchev–Trinajstić information content (AvgIpc) is 3.31. The second kappa shape index (κ2) is 7.22. The van der Waals surface area contributed by atoms with Crippen LogP contribution < -0.4 is 10.6 Å². The predicted molar refractivity (Wildman–Crippen MR) is 110 cm³/mol. The Morgan fingerprint density at radius 3 is 2.72 bits per heavy atom. The van der Waals surface area contributed by atoms with Gasteiger partial charge < -0.3 is 14.3 Å². The molecule has 2 N–H and O–H groups in total.